The average molecular weight is 400 g/mol. The molecule has 0 spiro atoms. The van der Waals surface area contributed by atoms with Crippen molar-refractivity contribution in [3.63, 3.8) is 0 Å². The Morgan fingerprint density at radius 3 is 2.50 bits per heavy atom. The van der Waals surface area contributed by atoms with Gasteiger partial charge in [0.05, 0.1) is 24.9 Å². The van der Waals surface area contributed by atoms with Crippen molar-refractivity contribution in [3.05, 3.63) is 24.8 Å². The first kappa shape index (κ1) is 26.8. The van der Waals surface area contributed by atoms with E-state index in [1.54, 1.807) is 12.2 Å². The number of amides is 1. The van der Waals surface area contributed by atoms with Gasteiger partial charge in [-0.15, -0.1) is 6.58 Å². The topological polar surface area (TPSA) is 110 Å². The van der Waals surface area contributed by atoms with Crippen molar-refractivity contribution in [2.24, 2.45) is 11.8 Å². The Balaban J connectivity index is 0.000000684. The standard InChI is InChI=1S/C16H28O3.C6H13NO2/c1-3-5-6-8-12(17)9-10-14-13(7-4-2)15(18)11-16(14)19;1-2-3-6(9)7-4-5-8/h4,9-10,12-19H,2-3,5-8,11H2,1H3;8H,2-5H2,1H3,(H,7,9)/b10-9+;/t12?,13?,14-,15?,16?;/m1./s1. The van der Waals surface area contributed by atoms with Gasteiger partial charge in [0.2, 0.25) is 5.91 Å². The zero-order valence-electron chi connectivity index (χ0n) is 17.6. The molecule has 1 aliphatic rings. The van der Waals surface area contributed by atoms with Crippen LogP contribution in [0.25, 0.3) is 0 Å². The van der Waals surface area contributed by atoms with E-state index in [0.29, 0.717) is 25.8 Å². The molecule has 0 radical (unpaired) electrons. The van der Waals surface area contributed by atoms with Crippen molar-refractivity contribution in [1.82, 2.24) is 5.32 Å². The van der Waals surface area contributed by atoms with Gasteiger partial charge in [0.25, 0.3) is 0 Å². The first-order chi connectivity index (χ1) is 13.4. The molecular weight excluding hydrogens is 358 g/mol. The van der Waals surface area contributed by atoms with Crippen LogP contribution in [0.1, 0.15) is 65.2 Å². The molecular formula is C22H41NO5. The SMILES string of the molecule is C=CCC1C(O)CC(O)[C@@H]1/C=C/C(O)CCCCC.CCCC(=O)NCCO. The molecule has 1 rings (SSSR count). The van der Waals surface area contributed by atoms with Crippen LogP contribution >= 0.6 is 0 Å². The summed E-state index contributed by atoms with van der Waals surface area (Å²) in [5.41, 5.74) is 0. The maximum absolute atomic E-state index is 10.6. The van der Waals surface area contributed by atoms with Crippen LogP contribution in [0.2, 0.25) is 0 Å². The van der Waals surface area contributed by atoms with E-state index in [1.165, 1.54) is 0 Å². The van der Waals surface area contributed by atoms with Crippen molar-refractivity contribution in [2.75, 3.05) is 13.2 Å². The van der Waals surface area contributed by atoms with E-state index in [4.69, 9.17) is 5.11 Å². The second-order valence-corrected chi connectivity index (χ2v) is 7.41. The summed E-state index contributed by atoms with van der Waals surface area (Å²) in [4.78, 5) is 10.6. The second-order valence-electron chi connectivity index (χ2n) is 7.41. The lowest BCUT2D eigenvalue weighted by Crippen LogP contribution is -2.25. The number of hydrogen-bond donors (Lipinski definition) is 5. The number of hydrogen-bond acceptors (Lipinski definition) is 5. The van der Waals surface area contributed by atoms with Crippen LogP contribution in [-0.2, 0) is 4.79 Å². The van der Waals surface area contributed by atoms with E-state index < -0.39 is 18.3 Å². The first-order valence-corrected chi connectivity index (χ1v) is 10.6. The fourth-order valence-corrected chi connectivity index (χ4v) is 3.37. The van der Waals surface area contributed by atoms with Gasteiger partial charge in [0.1, 0.15) is 0 Å². The highest BCUT2D eigenvalue weighted by molar-refractivity contribution is 5.75. The van der Waals surface area contributed by atoms with Crippen LogP contribution in [0.3, 0.4) is 0 Å². The van der Waals surface area contributed by atoms with Crippen molar-refractivity contribution < 1.29 is 25.2 Å². The molecule has 5 N–H and O–H groups in total. The average Bonchev–Trinajstić information content (AvgIpc) is 2.92. The highest BCUT2D eigenvalue weighted by Crippen LogP contribution is 2.36. The fourth-order valence-electron chi connectivity index (χ4n) is 3.37. The van der Waals surface area contributed by atoms with Crippen LogP contribution in [-0.4, -0.2) is 57.8 Å². The van der Waals surface area contributed by atoms with Crippen LogP contribution in [0, 0.1) is 11.8 Å². The third-order valence-electron chi connectivity index (χ3n) is 4.92. The summed E-state index contributed by atoms with van der Waals surface area (Å²) in [5, 5.41) is 40.5. The van der Waals surface area contributed by atoms with E-state index in [9.17, 15) is 20.1 Å². The van der Waals surface area contributed by atoms with Gasteiger partial charge >= 0.3 is 0 Å². The second kappa shape index (κ2) is 16.7. The van der Waals surface area contributed by atoms with Crippen molar-refractivity contribution in [2.45, 2.75) is 83.5 Å². The minimum atomic E-state index is -0.515. The summed E-state index contributed by atoms with van der Waals surface area (Å²) in [6, 6.07) is 0. The zero-order valence-corrected chi connectivity index (χ0v) is 17.6. The molecule has 1 amide bonds. The molecule has 5 atom stereocenters. The van der Waals surface area contributed by atoms with Gasteiger partial charge in [-0.1, -0.05) is 51.3 Å². The molecule has 1 saturated carbocycles. The zero-order chi connectivity index (χ0) is 21.4. The maximum Gasteiger partial charge on any atom is 0.220 e. The van der Waals surface area contributed by atoms with E-state index in [1.807, 2.05) is 13.0 Å². The molecule has 0 aromatic rings. The smallest absolute Gasteiger partial charge is 0.220 e. The lowest BCUT2D eigenvalue weighted by molar-refractivity contribution is -0.121. The Morgan fingerprint density at radius 2 is 1.93 bits per heavy atom. The number of nitrogens with one attached hydrogen (secondary N) is 1. The first-order valence-electron chi connectivity index (χ1n) is 10.6. The Hall–Kier alpha value is -1.21. The summed E-state index contributed by atoms with van der Waals surface area (Å²) in [6.45, 7) is 8.17. The highest BCUT2D eigenvalue weighted by atomic mass is 16.3. The number of unbranched alkanes of at least 4 members (excludes halogenated alkanes) is 2. The number of carbonyl (C=O) groups is 1. The summed E-state index contributed by atoms with van der Waals surface area (Å²) < 4.78 is 0. The van der Waals surface area contributed by atoms with Crippen LogP contribution < -0.4 is 5.32 Å². The summed E-state index contributed by atoms with van der Waals surface area (Å²) in [5.74, 6) is -0.0352. The summed E-state index contributed by atoms with van der Waals surface area (Å²) in [6.07, 6.45) is 10.6. The molecule has 0 aromatic heterocycles. The number of aliphatic hydroxyl groups excluding tert-OH is 4. The third kappa shape index (κ3) is 11.6. The quantitative estimate of drug-likeness (QED) is 0.255. The summed E-state index contributed by atoms with van der Waals surface area (Å²) >= 11 is 0. The Labute approximate surface area is 170 Å². The minimum absolute atomic E-state index is 0.0200. The Kier molecular flexibility index (Phi) is 16.0. The van der Waals surface area contributed by atoms with Crippen molar-refractivity contribution in [3.8, 4) is 0 Å². The van der Waals surface area contributed by atoms with Gasteiger partial charge in [0, 0.05) is 25.3 Å². The van der Waals surface area contributed by atoms with E-state index in [0.717, 1.165) is 32.1 Å². The number of allylic oxidation sites excluding steroid dienone is 1. The van der Waals surface area contributed by atoms with Gasteiger partial charge in [-0.2, -0.15) is 0 Å². The molecule has 164 valence electrons. The Bertz CT molecular complexity index is 441. The largest absolute Gasteiger partial charge is 0.395 e. The molecule has 0 bridgehead atoms. The fraction of sp³-hybridized carbons (Fsp3) is 0.773. The minimum Gasteiger partial charge on any atom is -0.395 e. The maximum atomic E-state index is 10.6. The van der Waals surface area contributed by atoms with Gasteiger partial charge < -0.3 is 25.7 Å². The number of carbonyl (C=O) groups excluding carboxylic acids is 1. The molecule has 28 heavy (non-hydrogen) atoms. The lowest BCUT2D eigenvalue weighted by atomic mass is 9.90. The molecule has 4 unspecified atom stereocenters. The third-order valence-corrected chi connectivity index (χ3v) is 4.92. The molecule has 6 heteroatoms. The number of rotatable bonds is 12. The van der Waals surface area contributed by atoms with E-state index >= 15 is 0 Å². The van der Waals surface area contributed by atoms with Gasteiger partial charge in [-0.05, 0) is 25.2 Å². The Morgan fingerprint density at radius 1 is 1.21 bits per heavy atom. The molecule has 0 aliphatic heterocycles. The van der Waals surface area contributed by atoms with Gasteiger partial charge in [-0.25, -0.2) is 0 Å². The van der Waals surface area contributed by atoms with Gasteiger partial charge in [-0.3, -0.25) is 4.79 Å². The normalized spacial score (nSPS) is 25.2. The molecule has 0 aromatic carbocycles. The monoisotopic (exact) mass is 399 g/mol. The van der Waals surface area contributed by atoms with Gasteiger partial charge in [0.15, 0.2) is 0 Å². The van der Waals surface area contributed by atoms with Crippen LogP contribution in [0.4, 0.5) is 0 Å². The van der Waals surface area contributed by atoms with Crippen molar-refractivity contribution in [1.29, 1.82) is 0 Å². The van der Waals surface area contributed by atoms with Crippen LogP contribution in [0.15, 0.2) is 24.8 Å². The van der Waals surface area contributed by atoms with Crippen molar-refractivity contribution >= 4 is 5.91 Å². The predicted octanol–water partition coefficient (Wildman–Crippen LogP) is 2.31. The molecule has 0 saturated heterocycles. The summed E-state index contributed by atoms with van der Waals surface area (Å²) in [7, 11) is 0. The molecule has 0 heterocycles. The van der Waals surface area contributed by atoms with E-state index in [-0.39, 0.29) is 24.3 Å². The lowest BCUT2D eigenvalue weighted by Gasteiger charge is -2.19. The molecule has 1 fully saturated rings. The highest BCUT2D eigenvalue weighted by Gasteiger charge is 2.39. The van der Waals surface area contributed by atoms with Crippen LogP contribution in [0.5, 0.6) is 0 Å². The molecule has 6 nitrogen and oxygen atoms in total. The van der Waals surface area contributed by atoms with E-state index in [2.05, 4.69) is 18.8 Å². The predicted molar refractivity (Wildman–Crippen MR) is 113 cm³/mol. The molecule has 1 aliphatic carbocycles. The number of aliphatic hydroxyl groups is 4.